The smallest absolute Gasteiger partial charge is 0.310 e. The van der Waals surface area contributed by atoms with E-state index in [0.29, 0.717) is 5.56 Å². The minimum Gasteiger partial charge on any atom is -0.508 e. The minimum atomic E-state index is -0.559. The number of methoxy groups -OCH3 is 1. The van der Waals surface area contributed by atoms with Crippen LogP contribution in [0.15, 0.2) is 54.6 Å². The van der Waals surface area contributed by atoms with Gasteiger partial charge in [0.05, 0.1) is 18.5 Å². The summed E-state index contributed by atoms with van der Waals surface area (Å²) in [5.74, 6) is -0.546. The fourth-order valence-electron chi connectivity index (χ4n) is 2.20. The molecule has 0 heterocycles. The lowest BCUT2D eigenvalue weighted by Gasteiger charge is -2.02. The van der Waals surface area contributed by atoms with Crippen LogP contribution in [0.1, 0.15) is 17.5 Å². The molecule has 0 aliphatic heterocycles. The van der Waals surface area contributed by atoms with Gasteiger partial charge in [0.1, 0.15) is 5.75 Å². The average Bonchev–Trinajstić information content (AvgIpc) is 2.65. The van der Waals surface area contributed by atoms with E-state index in [1.54, 1.807) is 18.2 Å². The number of rotatable bonds is 8. The van der Waals surface area contributed by atoms with Crippen molar-refractivity contribution in [2.45, 2.75) is 6.42 Å². The number of allylic oxidation sites excluding steroid dienone is 2. The first kappa shape index (κ1) is 19.6. The van der Waals surface area contributed by atoms with Crippen LogP contribution in [0.4, 0.5) is 5.69 Å². The number of aromatic hydroxyl groups is 1. The fraction of sp³-hybridized carbons (Fsp3) is 0.100. The normalized spacial score (nSPS) is 11.0. The summed E-state index contributed by atoms with van der Waals surface area (Å²) in [7, 11) is 1.32. The summed E-state index contributed by atoms with van der Waals surface area (Å²) in [4.78, 5) is 34.0. The lowest BCUT2D eigenvalue weighted by atomic mass is 10.1. The highest BCUT2D eigenvalue weighted by molar-refractivity contribution is 6.10. The molecular weight excluding hydrogens is 350 g/mol. The SMILES string of the molecule is COc1cc(/C=C/C(=O)CC(=O)/C=C/c2ccc(O)cc2)ccc1[N+](=O)[O-]. The van der Waals surface area contributed by atoms with Crippen LogP contribution in [0.2, 0.25) is 0 Å². The standard InChI is InChI=1S/C20H17NO6/c1-27-20-12-15(6-11-19(20)21(25)26)5-10-18(24)13-17(23)9-4-14-2-7-16(22)8-3-14/h2-12,22H,13H2,1H3/b9-4+,10-5+. The largest absolute Gasteiger partial charge is 0.508 e. The summed E-state index contributed by atoms with van der Waals surface area (Å²) in [5.41, 5.74) is 1.09. The van der Waals surface area contributed by atoms with E-state index in [2.05, 4.69) is 0 Å². The van der Waals surface area contributed by atoms with Crippen molar-refractivity contribution >= 4 is 29.4 Å². The van der Waals surface area contributed by atoms with E-state index in [4.69, 9.17) is 4.74 Å². The number of carbonyl (C=O) groups excluding carboxylic acids is 2. The van der Waals surface area contributed by atoms with Crippen molar-refractivity contribution in [3.05, 3.63) is 75.9 Å². The van der Waals surface area contributed by atoms with Crippen molar-refractivity contribution in [3.8, 4) is 11.5 Å². The minimum absolute atomic E-state index is 0.0857. The molecule has 0 aromatic heterocycles. The van der Waals surface area contributed by atoms with Crippen molar-refractivity contribution in [2.24, 2.45) is 0 Å². The number of ether oxygens (including phenoxy) is 1. The molecule has 2 rings (SSSR count). The first-order valence-electron chi connectivity index (χ1n) is 7.92. The quantitative estimate of drug-likeness (QED) is 0.331. The molecule has 0 saturated heterocycles. The molecule has 0 aliphatic rings. The zero-order chi connectivity index (χ0) is 19.8. The number of phenols is 1. The summed E-state index contributed by atoms with van der Waals surface area (Å²) in [6.45, 7) is 0. The van der Waals surface area contributed by atoms with Gasteiger partial charge in [-0.25, -0.2) is 0 Å². The van der Waals surface area contributed by atoms with Gasteiger partial charge in [0, 0.05) is 6.07 Å². The Morgan fingerprint density at radius 2 is 1.59 bits per heavy atom. The van der Waals surface area contributed by atoms with E-state index < -0.39 is 10.7 Å². The van der Waals surface area contributed by atoms with Crippen molar-refractivity contribution < 1.29 is 24.4 Å². The predicted molar refractivity (Wildman–Crippen MR) is 100 cm³/mol. The van der Waals surface area contributed by atoms with E-state index >= 15 is 0 Å². The molecule has 0 spiro atoms. The number of benzene rings is 2. The van der Waals surface area contributed by atoms with E-state index in [-0.39, 0.29) is 29.4 Å². The molecule has 0 atom stereocenters. The van der Waals surface area contributed by atoms with Gasteiger partial charge in [-0.1, -0.05) is 24.3 Å². The van der Waals surface area contributed by atoms with Gasteiger partial charge in [-0.3, -0.25) is 19.7 Å². The molecule has 2 aromatic carbocycles. The van der Waals surface area contributed by atoms with Crippen molar-refractivity contribution in [1.82, 2.24) is 0 Å². The van der Waals surface area contributed by atoms with Crippen LogP contribution in [0.5, 0.6) is 11.5 Å². The van der Waals surface area contributed by atoms with Crippen LogP contribution >= 0.6 is 0 Å². The molecule has 7 heteroatoms. The third-order valence-corrected chi connectivity index (χ3v) is 3.57. The highest BCUT2D eigenvalue weighted by atomic mass is 16.6. The molecule has 138 valence electrons. The van der Waals surface area contributed by atoms with Crippen LogP contribution in [0, 0.1) is 10.1 Å². The second kappa shape index (κ2) is 9.10. The van der Waals surface area contributed by atoms with Crippen LogP contribution in [-0.4, -0.2) is 28.7 Å². The Balaban J connectivity index is 1.97. The van der Waals surface area contributed by atoms with Gasteiger partial charge in [0.15, 0.2) is 17.3 Å². The van der Waals surface area contributed by atoms with Gasteiger partial charge in [-0.15, -0.1) is 0 Å². The second-order valence-corrected chi connectivity index (χ2v) is 5.56. The Labute approximate surface area is 155 Å². The number of ketones is 2. The van der Waals surface area contributed by atoms with E-state index in [0.717, 1.165) is 5.56 Å². The summed E-state index contributed by atoms with van der Waals surface area (Å²) < 4.78 is 4.96. The van der Waals surface area contributed by atoms with E-state index in [1.807, 2.05) is 0 Å². The molecular formula is C20H17NO6. The predicted octanol–water partition coefficient (Wildman–Crippen LogP) is 3.56. The van der Waals surface area contributed by atoms with Crippen LogP contribution in [0.3, 0.4) is 0 Å². The monoisotopic (exact) mass is 367 g/mol. The Bertz CT molecular complexity index is 913. The second-order valence-electron chi connectivity index (χ2n) is 5.56. The molecule has 0 saturated carbocycles. The fourth-order valence-corrected chi connectivity index (χ4v) is 2.20. The summed E-state index contributed by atoms with van der Waals surface area (Å²) in [6.07, 6.45) is 5.26. The summed E-state index contributed by atoms with van der Waals surface area (Å²) in [5, 5.41) is 20.1. The highest BCUT2D eigenvalue weighted by Gasteiger charge is 2.14. The topological polar surface area (TPSA) is 107 Å². The average molecular weight is 367 g/mol. The zero-order valence-electron chi connectivity index (χ0n) is 14.5. The van der Waals surface area contributed by atoms with Crippen LogP contribution < -0.4 is 4.74 Å². The number of nitrogens with zero attached hydrogens (tertiary/aromatic N) is 1. The van der Waals surface area contributed by atoms with Crippen molar-refractivity contribution in [3.63, 3.8) is 0 Å². The number of hydrogen-bond acceptors (Lipinski definition) is 6. The first-order chi connectivity index (χ1) is 12.9. The van der Waals surface area contributed by atoms with Gasteiger partial charge >= 0.3 is 5.69 Å². The Morgan fingerprint density at radius 3 is 2.15 bits per heavy atom. The number of hydrogen-bond donors (Lipinski definition) is 1. The molecule has 0 unspecified atom stereocenters. The third kappa shape index (κ3) is 5.93. The molecule has 0 radical (unpaired) electrons. The molecule has 27 heavy (non-hydrogen) atoms. The maximum Gasteiger partial charge on any atom is 0.310 e. The molecule has 1 N–H and O–H groups in total. The van der Waals surface area contributed by atoms with Gasteiger partial charge in [-0.2, -0.15) is 0 Å². The maximum absolute atomic E-state index is 11.9. The molecule has 0 amide bonds. The number of nitro groups is 1. The third-order valence-electron chi connectivity index (χ3n) is 3.57. The first-order valence-corrected chi connectivity index (χ1v) is 7.92. The number of nitro benzene ring substituents is 1. The van der Waals surface area contributed by atoms with E-state index in [9.17, 15) is 24.8 Å². The zero-order valence-corrected chi connectivity index (χ0v) is 14.5. The Kier molecular flexibility index (Phi) is 6.60. The molecule has 0 bridgehead atoms. The number of carbonyl (C=O) groups is 2. The molecule has 7 nitrogen and oxygen atoms in total. The van der Waals surface area contributed by atoms with Gasteiger partial charge in [-0.05, 0) is 47.5 Å². The van der Waals surface area contributed by atoms with Crippen LogP contribution in [-0.2, 0) is 9.59 Å². The molecule has 0 fully saturated rings. The lowest BCUT2D eigenvalue weighted by molar-refractivity contribution is -0.385. The highest BCUT2D eigenvalue weighted by Crippen LogP contribution is 2.27. The maximum atomic E-state index is 11.9. The summed E-state index contributed by atoms with van der Waals surface area (Å²) in [6, 6.07) is 10.5. The van der Waals surface area contributed by atoms with E-state index in [1.165, 1.54) is 55.7 Å². The van der Waals surface area contributed by atoms with Gasteiger partial charge < -0.3 is 9.84 Å². The van der Waals surface area contributed by atoms with Gasteiger partial charge in [0.25, 0.3) is 0 Å². The lowest BCUT2D eigenvalue weighted by Crippen LogP contribution is -2.01. The number of phenolic OH excluding ortho intramolecular Hbond substituents is 1. The molecule has 0 aliphatic carbocycles. The summed E-state index contributed by atoms with van der Waals surface area (Å²) >= 11 is 0. The van der Waals surface area contributed by atoms with Crippen LogP contribution in [0.25, 0.3) is 12.2 Å². The Hall–Kier alpha value is -3.74. The Morgan fingerprint density at radius 1 is 1.04 bits per heavy atom. The van der Waals surface area contributed by atoms with Gasteiger partial charge in [0.2, 0.25) is 0 Å². The molecule has 2 aromatic rings. The van der Waals surface area contributed by atoms with Crippen molar-refractivity contribution in [2.75, 3.05) is 7.11 Å². The van der Waals surface area contributed by atoms with Crippen molar-refractivity contribution in [1.29, 1.82) is 0 Å².